The molecule has 9 heteroatoms. The van der Waals surface area contributed by atoms with E-state index in [1.165, 1.54) is 0 Å². The average molecular weight is 255 g/mol. The first-order chi connectivity index (χ1) is 7.74. The molecule has 0 saturated heterocycles. The Morgan fingerprint density at radius 1 is 1.47 bits per heavy atom. The molecule has 17 heavy (non-hydrogen) atoms. The van der Waals surface area contributed by atoms with Crippen molar-refractivity contribution in [3.8, 4) is 11.6 Å². The van der Waals surface area contributed by atoms with E-state index in [0.717, 1.165) is 0 Å². The van der Waals surface area contributed by atoms with E-state index in [2.05, 4.69) is 9.72 Å². The van der Waals surface area contributed by atoms with Gasteiger partial charge in [0.1, 0.15) is 6.67 Å². The molecule has 1 aromatic rings. The Hall–Kier alpha value is -2.06. The summed E-state index contributed by atoms with van der Waals surface area (Å²) in [5.74, 6) is -3.99. The van der Waals surface area contributed by atoms with Crippen molar-refractivity contribution in [3.05, 3.63) is 17.3 Å². The first-order valence-corrected chi connectivity index (χ1v) is 4.02. The Kier molecular flexibility index (Phi) is 3.39. The zero-order chi connectivity index (χ0) is 13.2. The Morgan fingerprint density at radius 3 is 2.47 bits per heavy atom. The molecule has 0 aliphatic heterocycles. The van der Waals surface area contributed by atoms with E-state index in [-0.39, 0.29) is 0 Å². The third kappa shape index (κ3) is 3.20. The van der Waals surface area contributed by atoms with Gasteiger partial charge < -0.3 is 14.9 Å². The van der Waals surface area contributed by atoms with Crippen LogP contribution in [0.1, 0.15) is 16.1 Å². The fraction of sp³-hybridized carbons (Fsp3) is 0.250. The molecule has 0 unspecified atom stereocenters. The fourth-order valence-electron chi connectivity index (χ4n) is 0.987. The molecule has 0 atom stereocenters. The summed E-state index contributed by atoms with van der Waals surface area (Å²) in [6.45, 7) is -1.36. The highest BCUT2D eigenvalue weighted by molar-refractivity contribution is 5.89. The van der Waals surface area contributed by atoms with Gasteiger partial charge >= 0.3 is 12.3 Å². The number of hydrogen-bond donors (Lipinski definition) is 2. The second kappa shape index (κ2) is 4.44. The summed E-state index contributed by atoms with van der Waals surface area (Å²) in [4.78, 5) is 13.4. The lowest BCUT2D eigenvalue weighted by Gasteiger charge is -2.10. The molecule has 0 saturated carbocycles. The van der Waals surface area contributed by atoms with Crippen molar-refractivity contribution in [2.75, 3.05) is 0 Å². The quantitative estimate of drug-likeness (QED) is 0.806. The lowest BCUT2D eigenvalue weighted by atomic mass is 10.2. The van der Waals surface area contributed by atoms with Crippen LogP contribution in [0.5, 0.6) is 11.6 Å². The van der Waals surface area contributed by atoms with Crippen LogP contribution in [0.4, 0.5) is 17.6 Å². The van der Waals surface area contributed by atoms with Crippen molar-refractivity contribution in [1.82, 2.24) is 4.98 Å². The van der Waals surface area contributed by atoms with Crippen LogP contribution < -0.4 is 4.74 Å². The van der Waals surface area contributed by atoms with Crippen molar-refractivity contribution < 1.29 is 37.3 Å². The summed E-state index contributed by atoms with van der Waals surface area (Å²) in [5.41, 5.74) is -1.77. The van der Waals surface area contributed by atoms with Crippen LogP contribution in [-0.2, 0) is 6.67 Å². The predicted molar refractivity (Wildman–Crippen MR) is 44.4 cm³/mol. The Labute approximate surface area is 91.3 Å². The maximum absolute atomic E-state index is 12.3. The SMILES string of the molecule is O=C(O)c1nc(OC(F)(F)F)cc(CF)c1O. The number of ether oxygens (including phenoxy) is 1. The van der Waals surface area contributed by atoms with Gasteiger partial charge in [0.25, 0.3) is 0 Å². The molecular weight excluding hydrogens is 250 g/mol. The van der Waals surface area contributed by atoms with Crippen LogP contribution in [0.3, 0.4) is 0 Å². The molecular formula is C8H5F4NO4. The lowest BCUT2D eigenvalue weighted by molar-refractivity contribution is -0.276. The van der Waals surface area contributed by atoms with E-state index in [0.29, 0.717) is 6.07 Å². The zero-order valence-electron chi connectivity index (χ0n) is 7.95. The number of halogens is 4. The molecule has 1 aromatic heterocycles. The normalized spacial score (nSPS) is 11.3. The summed E-state index contributed by atoms with van der Waals surface area (Å²) >= 11 is 0. The number of aromatic hydroxyl groups is 1. The van der Waals surface area contributed by atoms with E-state index in [9.17, 15) is 22.4 Å². The minimum Gasteiger partial charge on any atom is -0.505 e. The maximum atomic E-state index is 12.3. The Morgan fingerprint density at radius 2 is 2.06 bits per heavy atom. The van der Waals surface area contributed by atoms with Gasteiger partial charge in [-0.05, 0) is 0 Å². The molecule has 5 nitrogen and oxygen atoms in total. The molecule has 0 aliphatic rings. The Balaban J connectivity index is 3.25. The van der Waals surface area contributed by atoms with Gasteiger partial charge in [0, 0.05) is 11.6 Å². The average Bonchev–Trinajstić information content (AvgIpc) is 2.17. The van der Waals surface area contributed by atoms with Crippen LogP contribution >= 0.6 is 0 Å². The van der Waals surface area contributed by atoms with E-state index in [1.54, 1.807) is 0 Å². The number of aromatic nitrogens is 1. The van der Waals surface area contributed by atoms with E-state index in [4.69, 9.17) is 10.2 Å². The maximum Gasteiger partial charge on any atom is 0.574 e. The number of carbonyl (C=O) groups is 1. The highest BCUT2D eigenvalue weighted by atomic mass is 19.4. The van der Waals surface area contributed by atoms with Gasteiger partial charge in [-0.1, -0.05) is 0 Å². The number of rotatable bonds is 3. The van der Waals surface area contributed by atoms with Crippen molar-refractivity contribution >= 4 is 5.97 Å². The molecule has 1 rings (SSSR count). The molecule has 0 amide bonds. The van der Waals surface area contributed by atoms with Crippen molar-refractivity contribution in [2.45, 2.75) is 13.0 Å². The number of carboxylic acids is 1. The standard InChI is InChI=1S/C8H5F4NO4/c9-2-3-1-4(17-8(10,11)12)13-5(6(3)14)7(15)16/h1,14H,2H2,(H,15,16). The fourth-order valence-corrected chi connectivity index (χ4v) is 0.987. The van der Waals surface area contributed by atoms with Gasteiger partial charge in [-0.15, -0.1) is 13.2 Å². The third-order valence-electron chi connectivity index (χ3n) is 1.62. The van der Waals surface area contributed by atoms with Crippen LogP contribution in [0.25, 0.3) is 0 Å². The first-order valence-electron chi connectivity index (χ1n) is 4.02. The summed E-state index contributed by atoms with van der Waals surface area (Å²) in [6.07, 6.45) is -5.09. The molecule has 0 aromatic carbocycles. The summed E-state index contributed by atoms with van der Waals surface area (Å²) in [6, 6.07) is 0.468. The minimum atomic E-state index is -5.09. The zero-order valence-corrected chi connectivity index (χ0v) is 7.95. The number of alkyl halides is 4. The Bertz CT molecular complexity index is 446. The molecule has 94 valence electrons. The predicted octanol–water partition coefficient (Wildman–Crippen LogP) is 1.85. The second-order valence-corrected chi connectivity index (χ2v) is 2.80. The van der Waals surface area contributed by atoms with Gasteiger partial charge in [-0.25, -0.2) is 14.2 Å². The van der Waals surface area contributed by atoms with E-state index >= 15 is 0 Å². The minimum absolute atomic E-state index is 0.468. The van der Waals surface area contributed by atoms with Crippen LogP contribution in [0.2, 0.25) is 0 Å². The van der Waals surface area contributed by atoms with Gasteiger partial charge in [-0.2, -0.15) is 0 Å². The first kappa shape index (κ1) is 13.0. The number of hydrogen-bond acceptors (Lipinski definition) is 4. The number of carboxylic acid groups (broad SMARTS) is 1. The van der Waals surface area contributed by atoms with Gasteiger partial charge in [0.2, 0.25) is 5.88 Å². The van der Waals surface area contributed by atoms with Gasteiger partial charge in [0.05, 0.1) is 0 Å². The largest absolute Gasteiger partial charge is 0.574 e. The van der Waals surface area contributed by atoms with Gasteiger partial charge in [-0.3, -0.25) is 0 Å². The highest BCUT2D eigenvalue weighted by Crippen LogP contribution is 2.29. The molecule has 0 bridgehead atoms. The number of aromatic carboxylic acids is 1. The van der Waals surface area contributed by atoms with Gasteiger partial charge in [0.15, 0.2) is 11.4 Å². The van der Waals surface area contributed by atoms with Crippen LogP contribution in [-0.4, -0.2) is 27.5 Å². The molecule has 2 N–H and O–H groups in total. The molecule has 0 radical (unpaired) electrons. The second-order valence-electron chi connectivity index (χ2n) is 2.80. The monoisotopic (exact) mass is 255 g/mol. The lowest BCUT2D eigenvalue weighted by Crippen LogP contribution is -2.19. The molecule has 0 aliphatic carbocycles. The summed E-state index contributed by atoms with van der Waals surface area (Å²) in [7, 11) is 0. The van der Waals surface area contributed by atoms with Crippen LogP contribution in [0.15, 0.2) is 6.07 Å². The molecule has 1 heterocycles. The molecule has 0 fully saturated rings. The number of pyridine rings is 1. The topological polar surface area (TPSA) is 79.7 Å². The molecule has 0 spiro atoms. The highest BCUT2D eigenvalue weighted by Gasteiger charge is 2.33. The van der Waals surface area contributed by atoms with E-state index < -0.39 is 41.9 Å². The van der Waals surface area contributed by atoms with Crippen LogP contribution in [0, 0.1) is 0 Å². The summed E-state index contributed by atoms with van der Waals surface area (Å²) < 4.78 is 51.2. The van der Waals surface area contributed by atoms with Crippen molar-refractivity contribution in [1.29, 1.82) is 0 Å². The smallest absolute Gasteiger partial charge is 0.505 e. The summed E-state index contributed by atoms with van der Waals surface area (Å²) in [5, 5.41) is 17.7. The van der Waals surface area contributed by atoms with Crippen molar-refractivity contribution in [2.24, 2.45) is 0 Å². The van der Waals surface area contributed by atoms with Crippen molar-refractivity contribution in [3.63, 3.8) is 0 Å². The third-order valence-corrected chi connectivity index (χ3v) is 1.62. The number of nitrogens with zero attached hydrogens (tertiary/aromatic N) is 1. The van der Waals surface area contributed by atoms with E-state index in [1.807, 2.05) is 0 Å².